The van der Waals surface area contributed by atoms with Gasteiger partial charge in [-0.1, -0.05) is 0 Å². The molecule has 3 heterocycles. The SMILES string of the molecule is CNc1cn2ccnc2c(N2CCCCC2CO)n1. The van der Waals surface area contributed by atoms with Gasteiger partial charge in [0.2, 0.25) is 0 Å². The van der Waals surface area contributed by atoms with Gasteiger partial charge in [-0.25, -0.2) is 9.97 Å². The van der Waals surface area contributed by atoms with E-state index in [1.807, 2.05) is 23.8 Å². The van der Waals surface area contributed by atoms with Crippen LogP contribution in [0.1, 0.15) is 19.3 Å². The lowest BCUT2D eigenvalue weighted by Gasteiger charge is -2.35. The Morgan fingerprint density at radius 1 is 1.47 bits per heavy atom. The third kappa shape index (κ3) is 2.12. The molecular weight excluding hydrogens is 242 g/mol. The van der Waals surface area contributed by atoms with Gasteiger partial charge in [0.25, 0.3) is 0 Å². The van der Waals surface area contributed by atoms with Crippen LogP contribution >= 0.6 is 0 Å². The molecule has 1 unspecified atom stereocenters. The summed E-state index contributed by atoms with van der Waals surface area (Å²) in [6.07, 6.45) is 8.92. The zero-order valence-corrected chi connectivity index (χ0v) is 11.1. The highest BCUT2D eigenvalue weighted by molar-refractivity contribution is 5.67. The Bertz CT molecular complexity index is 567. The highest BCUT2D eigenvalue weighted by Gasteiger charge is 2.25. The first-order valence-corrected chi connectivity index (χ1v) is 6.72. The number of aliphatic hydroxyl groups is 1. The van der Waals surface area contributed by atoms with Crippen LogP contribution in [0.4, 0.5) is 11.6 Å². The van der Waals surface area contributed by atoms with Crippen LogP contribution in [0.2, 0.25) is 0 Å². The van der Waals surface area contributed by atoms with Crippen molar-refractivity contribution < 1.29 is 5.11 Å². The summed E-state index contributed by atoms with van der Waals surface area (Å²) >= 11 is 0. The molecule has 2 aromatic rings. The van der Waals surface area contributed by atoms with Gasteiger partial charge in [0.15, 0.2) is 11.5 Å². The Hall–Kier alpha value is -1.82. The van der Waals surface area contributed by atoms with Crippen LogP contribution in [0.3, 0.4) is 0 Å². The molecule has 0 spiro atoms. The topological polar surface area (TPSA) is 65.7 Å². The minimum absolute atomic E-state index is 0.147. The van der Waals surface area contributed by atoms with Crippen LogP contribution in [0.25, 0.3) is 5.65 Å². The summed E-state index contributed by atoms with van der Waals surface area (Å²) in [5, 5.41) is 12.6. The van der Waals surface area contributed by atoms with E-state index < -0.39 is 0 Å². The number of fused-ring (bicyclic) bond motifs is 1. The van der Waals surface area contributed by atoms with Gasteiger partial charge < -0.3 is 19.7 Å². The molecule has 0 saturated carbocycles. The van der Waals surface area contributed by atoms with E-state index in [-0.39, 0.29) is 12.6 Å². The van der Waals surface area contributed by atoms with Crippen LogP contribution < -0.4 is 10.2 Å². The summed E-state index contributed by atoms with van der Waals surface area (Å²) in [6.45, 7) is 1.09. The first-order chi connectivity index (χ1) is 9.33. The Morgan fingerprint density at radius 2 is 2.37 bits per heavy atom. The summed E-state index contributed by atoms with van der Waals surface area (Å²) in [5.41, 5.74) is 0.847. The Kier molecular flexibility index (Phi) is 3.25. The first-order valence-electron chi connectivity index (χ1n) is 6.72. The third-order valence-corrected chi connectivity index (χ3v) is 3.72. The lowest BCUT2D eigenvalue weighted by molar-refractivity contribution is 0.239. The molecule has 0 aliphatic carbocycles. The van der Waals surface area contributed by atoms with E-state index >= 15 is 0 Å². The van der Waals surface area contributed by atoms with Gasteiger partial charge in [-0.15, -0.1) is 0 Å². The van der Waals surface area contributed by atoms with Crippen molar-refractivity contribution in [2.24, 2.45) is 0 Å². The van der Waals surface area contributed by atoms with E-state index in [2.05, 4.69) is 20.2 Å². The number of piperidine rings is 1. The summed E-state index contributed by atoms with van der Waals surface area (Å²) in [6, 6.07) is 0.147. The van der Waals surface area contributed by atoms with E-state index in [0.29, 0.717) is 0 Å². The maximum atomic E-state index is 9.56. The molecule has 1 aliphatic heterocycles. The molecular formula is C13H19N5O. The second kappa shape index (κ2) is 5.05. The monoisotopic (exact) mass is 261 g/mol. The van der Waals surface area contributed by atoms with Gasteiger partial charge in [-0.05, 0) is 19.3 Å². The molecule has 0 radical (unpaired) electrons. The second-order valence-electron chi connectivity index (χ2n) is 4.88. The van der Waals surface area contributed by atoms with E-state index in [1.54, 1.807) is 6.20 Å². The first kappa shape index (κ1) is 12.2. The van der Waals surface area contributed by atoms with Gasteiger partial charge in [0, 0.05) is 26.0 Å². The number of aromatic nitrogens is 3. The maximum absolute atomic E-state index is 9.56. The van der Waals surface area contributed by atoms with Crippen molar-refractivity contribution in [3.05, 3.63) is 18.6 Å². The van der Waals surface area contributed by atoms with Crippen LogP contribution in [-0.4, -0.2) is 45.7 Å². The molecule has 1 aliphatic rings. The van der Waals surface area contributed by atoms with Gasteiger partial charge in [0.1, 0.15) is 5.82 Å². The summed E-state index contributed by atoms with van der Waals surface area (Å²) in [7, 11) is 1.86. The minimum atomic E-state index is 0.147. The van der Waals surface area contributed by atoms with Crippen molar-refractivity contribution in [2.75, 3.05) is 30.4 Å². The lowest BCUT2D eigenvalue weighted by Crippen LogP contribution is -2.42. The van der Waals surface area contributed by atoms with Crippen molar-refractivity contribution >= 4 is 17.3 Å². The molecule has 1 atom stereocenters. The average Bonchev–Trinajstić information content (AvgIpc) is 2.94. The molecule has 3 rings (SSSR count). The van der Waals surface area contributed by atoms with Crippen LogP contribution in [-0.2, 0) is 0 Å². The minimum Gasteiger partial charge on any atom is -0.394 e. The van der Waals surface area contributed by atoms with E-state index in [4.69, 9.17) is 0 Å². The zero-order chi connectivity index (χ0) is 13.2. The smallest absolute Gasteiger partial charge is 0.180 e. The second-order valence-corrected chi connectivity index (χ2v) is 4.88. The summed E-state index contributed by atoms with van der Waals surface area (Å²) < 4.78 is 1.97. The maximum Gasteiger partial charge on any atom is 0.180 e. The van der Waals surface area contributed by atoms with Gasteiger partial charge in [-0.2, -0.15) is 0 Å². The summed E-state index contributed by atoms with van der Waals surface area (Å²) in [5.74, 6) is 1.67. The molecule has 19 heavy (non-hydrogen) atoms. The molecule has 2 aromatic heterocycles. The number of rotatable bonds is 3. The van der Waals surface area contributed by atoms with E-state index in [0.717, 1.165) is 43.1 Å². The Labute approximate surface area is 112 Å². The number of hydrogen-bond acceptors (Lipinski definition) is 5. The highest BCUT2D eigenvalue weighted by Crippen LogP contribution is 2.27. The average molecular weight is 261 g/mol. The van der Waals surface area contributed by atoms with Crippen molar-refractivity contribution in [1.82, 2.24) is 14.4 Å². The number of nitrogens with one attached hydrogen (secondary N) is 1. The number of nitrogens with zero attached hydrogens (tertiary/aromatic N) is 4. The molecule has 2 N–H and O–H groups in total. The fourth-order valence-electron chi connectivity index (χ4n) is 2.70. The zero-order valence-electron chi connectivity index (χ0n) is 11.1. The van der Waals surface area contributed by atoms with Crippen LogP contribution in [0.15, 0.2) is 18.6 Å². The Morgan fingerprint density at radius 3 is 3.16 bits per heavy atom. The van der Waals surface area contributed by atoms with E-state index in [1.165, 1.54) is 0 Å². The Balaban J connectivity index is 2.08. The molecule has 0 aromatic carbocycles. The standard InChI is InChI=1S/C13H19N5O/c1-14-11-8-17-7-5-15-12(17)13(16-11)18-6-3-2-4-10(18)9-19/h5,7-8,10,14,19H,2-4,6,9H2,1H3. The predicted molar refractivity (Wildman–Crippen MR) is 74.6 cm³/mol. The predicted octanol–water partition coefficient (Wildman–Crippen LogP) is 1.12. The van der Waals surface area contributed by atoms with Gasteiger partial charge in [0.05, 0.1) is 18.8 Å². The number of imidazole rings is 1. The van der Waals surface area contributed by atoms with Crippen molar-refractivity contribution in [3.63, 3.8) is 0 Å². The molecule has 0 amide bonds. The highest BCUT2D eigenvalue weighted by atomic mass is 16.3. The third-order valence-electron chi connectivity index (χ3n) is 3.72. The number of anilines is 2. The summed E-state index contributed by atoms with van der Waals surface area (Å²) in [4.78, 5) is 11.2. The quantitative estimate of drug-likeness (QED) is 0.867. The van der Waals surface area contributed by atoms with Gasteiger partial charge >= 0.3 is 0 Å². The van der Waals surface area contributed by atoms with Crippen molar-refractivity contribution in [1.29, 1.82) is 0 Å². The van der Waals surface area contributed by atoms with Crippen molar-refractivity contribution in [2.45, 2.75) is 25.3 Å². The fourth-order valence-corrected chi connectivity index (χ4v) is 2.70. The van der Waals surface area contributed by atoms with Crippen LogP contribution in [0, 0.1) is 0 Å². The molecule has 6 nitrogen and oxygen atoms in total. The van der Waals surface area contributed by atoms with Crippen molar-refractivity contribution in [3.8, 4) is 0 Å². The number of hydrogen-bond donors (Lipinski definition) is 2. The fraction of sp³-hybridized carbons (Fsp3) is 0.538. The molecule has 0 bridgehead atoms. The lowest BCUT2D eigenvalue weighted by atomic mass is 10.0. The van der Waals surface area contributed by atoms with Gasteiger partial charge in [-0.3, -0.25) is 0 Å². The van der Waals surface area contributed by atoms with E-state index in [9.17, 15) is 5.11 Å². The largest absolute Gasteiger partial charge is 0.394 e. The molecule has 1 saturated heterocycles. The normalized spacial score (nSPS) is 19.9. The molecule has 1 fully saturated rings. The number of aliphatic hydroxyl groups excluding tert-OH is 1. The molecule has 6 heteroatoms. The molecule has 102 valence electrons. The van der Waals surface area contributed by atoms with Crippen LogP contribution in [0.5, 0.6) is 0 Å².